The van der Waals surface area contributed by atoms with Gasteiger partial charge in [-0.15, -0.1) is 0 Å². The van der Waals surface area contributed by atoms with Crippen molar-refractivity contribution in [3.8, 4) is 0 Å². The standard InChI is InChI=1S/C24H25NO3S/c1-2-3-5-12-22(25-28-24(27)20-10-6-4-7-11-20)23(26)19-13-15-21(16-14-19)29-17-8-9-18-29/h4,6-11,13-18,29H,2-3,5,12H2,1H3. The third-order valence-electron chi connectivity index (χ3n) is 4.56. The zero-order valence-electron chi connectivity index (χ0n) is 16.5. The molecule has 1 aliphatic heterocycles. The van der Waals surface area contributed by atoms with Gasteiger partial charge in [-0.2, -0.15) is 10.9 Å². The number of rotatable bonds is 9. The van der Waals surface area contributed by atoms with Crippen molar-refractivity contribution >= 4 is 28.4 Å². The van der Waals surface area contributed by atoms with Crippen LogP contribution < -0.4 is 0 Å². The van der Waals surface area contributed by atoms with Gasteiger partial charge in [0.05, 0.1) is 5.56 Å². The topological polar surface area (TPSA) is 55.7 Å². The minimum absolute atomic E-state index is 0.196. The lowest BCUT2D eigenvalue weighted by Gasteiger charge is -2.11. The molecule has 0 spiro atoms. The lowest BCUT2D eigenvalue weighted by atomic mass is 10.0. The van der Waals surface area contributed by atoms with Crippen LogP contribution in [0.4, 0.5) is 0 Å². The van der Waals surface area contributed by atoms with Crippen molar-refractivity contribution in [3.05, 3.63) is 88.7 Å². The van der Waals surface area contributed by atoms with Crippen LogP contribution in [0, 0.1) is 0 Å². The first-order chi connectivity index (χ1) is 14.2. The van der Waals surface area contributed by atoms with Gasteiger partial charge in [-0.05, 0) is 65.0 Å². The Balaban J connectivity index is 1.74. The average molecular weight is 408 g/mol. The van der Waals surface area contributed by atoms with Gasteiger partial charge in [0.2, 0.25) is 5.78 Å². The Labute approximate surface area is 174 Å². The number of hydrogen-bond acceptors (Lipinski definition) is 4. The molecule has 5 heteroatoms. The predicted molar refractivity (Wildman–Crippen MR) is 120 cm³/mol. The van der Waals surface area contributed by atoms with Crippen molar-refractivity contribution < 1.29 is 14.4 Å². The summed E-state index contributed by atoms with van der Waals surface area (Å²) in [6.07, 6.45) is 7.41. The summed E-state index contributed by atoms with van der Waals surface area (Å²) < 4.78 is 0. The number of thiol groups is 1. The van der Waals surface area contributed by atoms with Crippen LogP contribution in [0.1, 0.15) is 53.3 Å². The van der Waals surface area contributed by atoms with Crippen molar-refractivity contribution in [1.82, 2.24) is 0 Å². The molecular formula is C24H25NO3S. The summed E-state index contributed by atoms with van der Waals surface area (Å²) in [6.45, 7) is 2.10. The Morgan fingerprint density at radius 1 is 0.897 bits per heavy atom. The van der Waals surface area contributed by atoms with Gasteiger partial charge in [0.1, 0.15) is 5.71 Å². The molecule has 0 aromatic heterocycles. The van der Waals surface area contributed by atoms with E-state index in [1.165, 1.54) is 4.90 Å². The summed E-state index contributed by atoms with van der Waals surface area (Å²) in [6, 6.07) is 16.3. The Morgan fingerprint density at radius 3 is 2.24 bits per heavy atom. The number of unbranched alkanes of at least 4 members (excludes halogenated alkanes) is 2. The summed E-state index contributed by atoms with van der Waals surface area (Å²) in [5, 5.41) is 8.29. The van der Waals surface area contributed by atoms with E-state index in [1.807, 2.05) is 42.5 Å². The van der Waals surface area contributed by atoms with E-state index in [0.717, 1.165) is 19.3 Å². The number of oxime groups is 1. The van der Waals surface area contributed by atoms with E-state index < -0.39 is 16.9 Å². The van der Waals surface area contributed by atoms with Crippen molar-refractivity contribution in [1.29, 1.82) is 0 Å². The SMILES string of the molecule is CCCCCC(=NOC(=O)c1ccccc1)C(=O)c1ccc([SH]2C=CC=C2)cc1. The molecule has 1 aliphatic rings. The van der Waals surface area contributed by atoms with Crippen LogP contribution in [-0.4, -0.2) is 17.5 Å². The maximum absolute atomic E-state index is 13.0. The summed E-state index contributed by atoms with van der Waals surface area (Å²) >= 11 is 0. The number of carbonyl (C=O) groups is 2. The molecule has 2 aromatic carbocycles. The van der Waals surface area contributed by atoms with Crippen LogP contribution in [0.2, 0.25) is 0 Å². The van der Waals surface area contributed by atoms with Crippen LogP contribution in [0.25, 0.3) is 0 Å². The monoisotopic (exact) mass is 407 g/mol. The fourth-order valence-electron chi connectivity index (χ4n) is 2.92. The van der Waals surface area contributed by atoms with E-state index in [1.54, 1.807) is 24.3 Å². The number of allylic oxidation sites excluding steroid dienone is 2. The zero-order valence-corrected chi connectivity index (χ0v) is 17.3. The Morgan fingerprint density at radius 2 is 1.59 bits per heavy atom. The van der Waals surface area contributed by atoms with Crippen LogP contribution >= 0.6 is 10.9 Å². The molecule has 0 bridgehead atoms. The molecule has 2 aromatic rings. The van der Waals surface area contributed by atoms with E-state index in [0.29, 0.717) is 17.5 Å². The summed E-state index contributed by atoms with van der Waals surface area (Å²) in [4.78, 5) is 31.4. The molecule has 150 valence electrons. The maximum atomic E-state index is 13.0. The van der Waals surface area contributed by atoms with Gasteiger partial charge in [-0.1, -0.05) is 55.3 Å². The quantitative estimate of drug-likeness (QED) is 0.137. The van der Waals surface area contributed by atoms with Crippen LogP contribution in [-0.2, 0) is 4.84 Å². The molecule has 0 radical (unpaired) electrons. The molecule has 29 heavy (non-hydrogen) atoms. The van der Waals surface area contributed by atoms with Gasteiger partial charge in [-0.25, -0.2) is 4.79 Å². The number of nitrogens with zero attached hydrogens (tertiary/aromatic N) is 1. The third-order valence-corrected chi connectivity index (χ3v) is 6.44. The second-order valence-corrected chi connectivity index (χ2v) is 8.63. The summed E-state index contributed by atoms with van der Waals surface area (Å²) in [5.74, 6) is -0.761. The van der Waals surface area contributed by atoms with Gasteiger partial charge in [-0.3, -0.25) is 4.79 Å². The third kappa shape index (κ3) is 5.78. The van der Waals surface area contributed by atoms with E-state index >= 15 is 0 Å². The minimum Gasteiger partial charge on any atom is -0.312 e. The van der Waals surface area contributed by atoms with Crippen LogP contribution in [0.3, 0.4) is 0 Å². The van der Waals surface area contributed by atoms with Crippen LogP contribution in [0.15, 0.2) is 87.6 Å². The van der Waals surface area contributed by atoms with Crippen molar-refractivity contribution in [2.24, 2.45) is 5.16 Å². The number of carbonyl (C=O) groups excluding carboxylic acids is 2. The molecule has 1 heterocycles. The highest BCUT2D eigenvalue weighted by Crippen LogP contribution is 2.41. The van der Waals surface area contributed by atoms with Crippen LogP contribution in [0.5, 0.6) is 0 Å². The molecule has 0 saturated carbocycles. The molecule has 0 aliphatic carbocycles. The van der Waals surface area contributed by atoms with E-state index in [2.05, 4.69) is 22.9 Å². The summed E-state index contributed by atoms with van der Waals surface area (Å²) in [7, 11) is -0.412. The molecule has 4 nitrogen and oxygen atoms in total. The maximum Gasteiger partial charge on any atom is 0.365 e. The first-order valence-electron chi connectivity index (χ1n) is 9.80. The first-order valence-corrected chi connectivity index (χ1v) is 11.3. The van der Waals surface area contributed by atoms with Gasteiger partial charge in [0.15, 0.2) is 0 Å². The smallest absolute Gasteiger partial charge is 0.312 e. The molecule has 0 fully saturated rings. The van der Waals surface area contributed by atoms with E-state index in [9.17, 15) is 9.59 Å². The fourth-order valence-corrected chi connectivity index (χ4v) is 4.43. The number of Topliss-reactive ketones (excluding diaryl/α,β-unsaturated/α-hetero) is 1. The van der Waals surface area contributed by atoms with Gasteiger partial charge < -0.3 is 4.84 Å². The van der Waals surface area contributed by atoms with Gasteiger partial charge in [0, 0.05) is 5.56 Å². The minimum atomic E-state index is -0.565. The van der Waals surface area contributed by atoms with Gasteiger partial charge in [0.25, 0.3) is 0 Å². The van der Waals surface area contributed by atoms with Crippen molar-refractivity contribution in [3.63, 3.8) is 0 Å². The second kappa shape index (κ2) is 10.6. The highest BCUT2D eigenvalue weighted by molar-refractivity contribution is 8.22. The Bertz CT molecular complexity index is 918. The van der Waals surface area contributed by atoms with Crippen molar-refractivity contribution in [2.45, 2.75) is 37.5 Å². The molecule has 3 rings (SSSR count). The summed E-state index contributed by atoms with van der Waals surface area (Å²) in [5.41, 5.74) is 1.24. The lowest BCUT2D eigenvalue weighted by Crippen LogP contribution is -2.16. The number of hydrogen-bond donors (Lipinski definition) is 1. The number of ketones is 1. The second-order valence-electron chi connectivity index (χ2n) is 6.71. The molecule has 0 saturated heterocycles. The van der Waals surface area contributed by atoms with E-state index in [4.69, 9.17) is 4.84 Å². The Kier molecular flexibility index (Phi) is 7.59. The fraction of sp³-hybridized carbons (Fsp3) is 0.208. The zero-order chi connectivity index (χ0) is 20.5. The number of benzene rings is 2. The lowest BCUT2D eigenvalue weighted by molar-refractivity contribution is 0.0514. The first kappa shape index (κ1) is 20.8. The van der Waals surface area contributed by atoms with Gasteiger partial charge >= 0.3 is 5.97 Å². The molecular weight excluding hydrogens is 382 g/mol. The molecule has 0 amide bonds. The Hall–Kier alpha value is -2.92. The van der Waals surface area contributed by atoms with Crippen molar-refractivity contribution in [2.75, 3.05) is 0 Å². The average Bonchev–Trinajstić information content (AvgIpc) is 3.31. The largest absolute Gasteiger partial charge is 0.365 e. The predicted octanol–water partition coefficient (Wildman–Crippen LogP) is 6.06. The highest BCUT2D eigenvalue weighted by Gasteiger charge is 2.17. The molecule has 0 atom stereocenters. The molecule has 0 N–H and O–H groups in total. The normalized spacial score (nSPS) is 14.2. The highest BCUT2D eigenvalue weighted by atomic mass is 32.2. The van der Waals surface area contributed by atoms with E-state index in [-0.39, 0.29) is 11.5 Å². The molecule has 0 unspecified atom stereocenters.